The number of nitrogens with zero attached hydrogens (tertiary/aromatic N) is 3. The Morgan fingerprint density at radius 3 is 3.15 bits per heavy atom. The van der Waals surface area contributed by atoms with E-state index in [1.54, 1.807) is 0 Å². The fourth-order valence-corrected chi connectivity index (χ4v) is 2.06. The summed E-state index contributed by atoms with van der Waals surface area (Å²) in [6.07, 6.45) is 2.17. The predicted octanol–water partition coefficient (Wildman–Crippen LogP) is 1.49. The molecule has 0 N–H and O–H groups in total. The van der Waals surface area contributed by atoms with E-state index in [0.717, 1.165) is 32.7 Å². The van der Waals surface area contributed by atoms with Crippen LogP contribution in [0.25, 0.3) is 10.4 Å². The van der Waals surface area contributed by atoms with E-state index in [-0.39, 0.29) is 11.5 Å². The Morgan fingerprint density at radius 1 is 1.54 bits per heavy atom. The van der Waals surface area contributed by atoms with Crippen LogP contribution in [0.1, 0.15) is 12.8 Å². The second-order valence-corrected chi connectivity index (χ2v) is 3.85. The number of rotatable bonds is 2. The maximum Gasteiger partial charge on any atom is 0.0638 e. The quantitative estimate of drug-likeness (QED) is 0.370. The molecule has 0 aliphatic carbocycles. The number of ether oxygens (including phenoxy) is 2. The number of hydrogen-bond donors (Lipinski definition) is 0. The van der Waals surface area contributed by atoms with Crippen LogP contribution in [0.2, 0.25) is 0 Å². The Labute approximate surface area is 76.6 Å². The van der Waals surface area contributed by atoms with Crippen molar-refractivity contribution in [3.05, 3.63) is 10.4 Å². The molecule has 72 valence electrons. The number of hydrogen-bond acceptors (Lipinski definition) is 3. The van der Waals surface area contributed by atoms with Crippen molar-refractivity contribution in [2.45, 2.75) is 18.9 Å². The van der Waals surface area contributed by atoms with Crippen molar-refractivity contribution in [2.24, 2.45) is 10.5 Å². The largest absolute Gasteiger partial charge is 0.381 e. The first-order valence-corrected chi connectivity index (χ1v) is 4.55. The van der Waals surface area contributed by atoms with Gasteiger partial charge in [-0.2, -0.15) is 0 Å². The minimum Gasteiger partial charge on any atom is -0.381 e. The van der Waals surface area contributed by atoms with E-state index in [9.17, 15) is 0 Å². The molecule has 0 saturated carbocycles. The van der Waals surface area contributed by atoms with Crippen LogP contribution in [-0.4, -0.2) is 32.5 Å². The standard InChI is InChI=1S/C8H13N3O2/c9-11-10-4-7-3-8(6-13-7)1-2-12-5-8/h7H,1-6H2/t7-,8+/m0/s1. The van der Waals surface area contributed by atoms with Crippen LogP contribution in [0.15, 0.2) is 5.11 Å². The third-order valence-corrected chi connectivity index (χ3v) is 2.82. The lowest BCUT2D eigenvalue weighted by atomic mass is 9.85. The maximum absolute atomic E-state index is 8.16. The van der Waals surface area contributed by atoms with Crippen LogP contribution in [0.3, 0.4) is 0 Å². The third-order valence-electron chi connectivity index (χ3n) is 2.82. The van der Waals surface area contributed by atoms with Crippen LogP contribution in [0.5, 0.6) is 0 Å². The second-order valence-electron chi connectivity index (χ2n) is 3.85. The summed E-state index contributed by atoms with van der Waals surface area (Å²) in [5.41, 5.74) is 8.39. The predicted molar refractivity (Wildman–Crippen MR) is 46.2 cm³/mol. The summed E-state index contributed by atoms with van der Waals surface area (Å²) in [6, 6.07) is 0. The molecule has 2 rings (SSSR count). The Bertz CT molecular complexity index is 232. The van der Waals surface area contributed by atoms with Gasteiger partial charge in [-0.1, -0.05) is 5.11 Å². The average Bonchev–Trinajstić information content (AvgIpc) is 2.74. The van der Waals surface area contributed by atoms with Crippen LogP contribution in [0.4, 0.5) is 0 Å². The molecule has 2 saturated heterocycles. The molecule has 0 radical (unpaired) electrons. The molecule has 5 heteroatoms. The van der Waals surface area contributed by atoms with Crippen molar-refractivity contribution < 1.29 is 9.47 Å². The van der Waals surface area contributed by atoms with E-state index in [2.05, 4.69) is 10.0 Å². The van der Waals surface area contributed by atoms with Crippen molar-refractivity contribution in [1.29, 1.82) is 0 Å². The summed E-state index contributed by atoms with van der Waals surface area (Å²) < 4.78 is 10.9. The van der Waals surface area contributed by atoms with Gasteiger partial charge in [-0.05, 0) is 18.4 Å². The van der Waals surface area contributed by atoms with Crippen LogP contribution in [0, 0.1) is 5.41 Å². The molecular formula is C8H13N3O2. The highest BCUT2D eigenvalue weighted by atomic mass is 16.5. The summed E-state index contributed by atoms with van der Waals surface area (Å²) in [6.45, 7) is 2.87. The fourth-order valence-electron chi connectivity index (χ4n) is 2.06. The smallest absolute Gasteiger partial charge is 0.0638 e. The van der Waals surface area contributed by atoms with Gasteiger partial charge in [-0.25, -0.2) is 0 Å². The first kappa shape index (κ1) is 8.81. The van der Waals surface area contributed by atoms with Gasteiger partial charge in [0.05, 0.1) is 25.9 Å². The van der Waals surface area contributed by atoms with Gasteiger partial charge in [0.25, 0.3) is 0 Å². The third kappa shape index (κ3) is 1.77. The average molecular weight is 183 g/mol. The molecule has 2 fully saturated rings. The summed E-state index contributed by atoms with van der Waals surface area (Å²) in [4.78, 5) is 2.73. The minimum atomic E-state index is 0.109. The van der Waals surface area contributed by atoms with E-state index < -0.39 is 0 Å². The van der Waals surface area contributed by atoms with Crippen molar-refractivity contribution in [2.75, 3.05) is 26.4 Å². The normalized spacial score (nSPS) is 38.0. The monoisotopic (exact) mass is 183 g/mol. The summed E-state index contributed by atoms with van der Waals surface area (Å²) in [7, 11) is 0. The zero-order valence-corrected chi connectivity index (χ0v) is 7.48. The molecule has 2 aliphatic heterocycles. The van der Waals surface area contributed by atoms with Crippen LogP contribution in [-0.2, 0) is 9.47 Å². The second kappa shape index (κ2) is 3.54. The molecule has 2 aliphatic rings. The van der Waals surface area contributed by atoms with E-state index >= 15 is 0 Å². The Hall–Kier alpha value is -0.770. The topological polar surface area (TPSA) is 67.2 Å². The summed E-state index contributed by atoms with van der Waals surface area (Å²) in [5.74, 6) is 0. The Morgan fingerprint density at radius 2 is 2.46 bits per heavy atom. The van der Waals surface area contributed by atoms with Crippen molar-refractivity contribution in [3.63, 3.8) is 0 Å². The molecule has 0 amide bonds. The first-order valence-electron chi connectivity index (χ1n) is 4.55. The van der Waals surface area contributed by atoms with Gasteiger partial charge in [-0.3, -0.25) is 0 Å². The highest BCUT2D eigenvalue weighted by molar-refractivity contribution is 4.91. The molecule has 0 aromatic heterocycles. The van der Waals surface area contributed by atoms with Crippen molar-refractivity contribution in [1.82, 2.24) is 0 Å². The Kier molecular flexibility index (Phi) is 2.40. The molecule has 0 aromatic rings. The minimum absolute atomic E-state index is 0.109. The van der Waals surface area contributed by atoms with Gasteiger partial charge in [-0.15, -0.1) is 0 Å². The zero-order valence-electron chi connectivity index (χ0n) is 7.48. The van der Waals surface area contributed by atoms with Crippen LogP contribution >= 0.6 is 0 Å². The van der Waals surface area contributed by atoms with Gasteiger partial charge >= 0.3 is 0 Å². The molecule has 0 aromatic carbocycles. The molecule has 0 bridgehead atoms. The van der Waals surface area contributed by atoms with Gasteiger partial charge in [0.15, 0.2) is 0 Å². The highest BCUT2D eigenvalue weighted by Crippen LogP contribution is 2.39. The zero-order chi connectivity index (χ0) is 9.15. The molecule has 2 atom stereocenters. The first-order chi connectivity index (χ1) is 6.35. The van der Waals surface area contributed by atoms with E-state index in [1.807, 2.05) is 0 Å². The van der Waals surface area contributed by atoms with Crippen molar-refractivity contribution >= 4 is 0 Å². The molecule has 1 spiro atoms. The van der Waals surface area contributed by atoms with Crippen molar-refractivity contribution in [3.8, 4) is 0 Å². The Balaban J connectivity index is 1.89. The molecule has 0 unspecified atom stereocenters. The van der Waals surface area contributed by atoms with E-state index in [4.69, 9.17) is 15.0 Å². The van der Waals surface area contributed by atoms with Gasteiger partial charge in [0, 0.05) is 16.9 Å². The molecule has 2 heterocycles. The van der Waals surface area contributed by atoms with Gasteiger partial charge < -0.3 is 9.47 Å². The number of azide groups is 1. The van der Waals surface area contributed by atoms with Crippen LogP contribution < -0.4 is 0 Å². The lowest BCUT2D eigenvalue weighted by Gasteiger charge is -2.17. The lowest BCUT2D eigenvalue weighted by molar-refractivity contribution is 0.0921. The highest BCUT2D eigenvalue weighted by Gasteiger charge is 2.42. The summed E-state index contributed by atoms with van der Waals surface area (Å²) in [5, 5.41) is 3.52. The maximum atomic E-state index is 8.16. The van der Waals surface area contributed by atoms with E-state index in [0.29, 0.717) is 6.54 Å². The summed E-state index contributed by atoms with van der Waals surface area (Å²) >= 11 is 0. The molecule has 13 heavy (non-hydrogen) atoms. The van der Waals surface area contributed by atoms with E-state index in [1.165, 1.54) is 0 Å². The SMILES string of the molecule is [N-]=[N+]=NC[C@@H]1C[C@@]2(CCOC2)CO1. The fraction of sp³-hybridized carbons (Fsp3) is 1.00. The van der Waals surface area contributed by atoms with Gasteiger partial charge in [0.2, 0.25) is 0 Å². The molecule has 5 nitrogen and oxygen atoms in total. The molecular weight excluding hydrogens is 170 g/mol. The lowest BCUT2D eigenvalue weighted by Crippen LogP contribution is -2.21. The van der Waals surface area contributed by atoms with Gasteiger partial charge in [0.1, 0.15) is 0 Å².